The van der Waals surface area contributed by atoms with Crippen molar-refractivity contribution in [2.24, 2.45) is 0 Å². The lowest BCUT2D eigenvalue weighted by molar-refractivity contribution is 0.242. The largest absolute Gasteiger partial charge is 0.337 e. The van der Waals surface area contributed by atoms with Crippen LogP contribution >= 0.6 is 0 Å². The summed E-state index contributed by atoms with van der Waals surface area (Å²) in [5.41, 5.74) is 0. The Labute approximate surface area is 85.3 Å². The first kappa shape index (κ1) is 12.7. The van der Waals surface area contributed by atoms with E-state index in [4.69, 9.17) is 0 Å². The smallest absolute Gasteiger partial charge is 0.326 e. The van der Waals surface area contributed by atoms with E-state index < -0.39 is 0 Å². The van der Waals surface area contributed by atoms with Crippen molar-refractivity contribution in [3.63, 3.8) is 0 Å². The summed E-state index contributed by atoms with van der Waals surface area (Å²) in [6.07, 6.45) is 6.80. The Morgan fingerprint density at radius 1 is 1.50 bits per heavy atom. The van der Waals surface area contributed by atoms with Gasteiger partial charge in [-0.2, -0.15) is 0 Å². The van der Waals surface area contributed by atoms with Crippen LogP contribution in [-0.2, 0) is 0 Å². The SMILES string of the molecule is CC.CCCCNC(=O)n1ccnc1. The molecule has 0 atom stereocenters. The lowest BCUT2D eigenvalue weighted by Gasteiger charge is -2.02. The molecule has 1 N–H and O–H groups in total. The number of nitrogens with one attached hydrogen (secondary N) is 1. The third-order valence-electron chi connectivity index (χ3n) is 1.55. The van der Waals surface area contributed by atoms with Crippen molar-refractivity contribution in [1.29, 1.82) is 0 Å². The minimum Gasteiger partial charge on any atom is -0.337 e. The van der Waals surface area contributed by atoms with E-state index in [0.29, 0.717) is 0 Å². The number of unbranched alkanes of at least 4 members (excludes halogenated alkanes) is 1. The minimum absolute atomic E-state index is 0.110. The average Bonchev–Trinajstić information content (AvgIpc) is 2.74. The maximum Gasteiger partial charge on any atom is 0.326 e. The molecule has 0 radical (unpaired) electrons. The molecule has 1 aromatic heterocycles. The molecule has 1 aromatic rings. The number of aromatic nitrogens is 2. The van der Waals surface area contributed by atoms with Gasteiger partial charge in [0.2, 0.25) is 0 Å². The second-order valence-corrected chi connectivity index (χ2v) is 2.56. The van der Waals surface area contributed by atoms with Crippen molar-refractivity contribution in [2.45, 2.75) is 33.6 Å². The van der Waals surface area contributed by atoms with E-state index in [9.17, 15) is 4.79 Å². The summed E-state index contributed by atoms with van der Waals surface area (Å²) in [4.78, 5) is 15.0. The van der Waals surface area contributed by atoms with Crippen LogP contribution in [0.5, 0.6) is 0 Å². The van der Waals surface area contributed by atoms with Crippen LogP contribution in [-0.4, -0.2) is 22.1 Å². The zero-order chi connectivity index (χ0) is 10.8. The summed E-state index contributed by atoms with van der Waals surface area (Å²) in [5.74, 6) is 0. The van der Waals surface area contributed by atoms with Gasteiger partial charge in [0, 0.05) is 18.9 Å². The lowest BCUT2D eigenvalue weighted by atomic mass is 10.3. The van der Waals surface area contributed by atoms with E-state index in [1.807, 2.05) is 13.8 Å². The van der Waals surface area contributed by atoms with Crippen LogP contribution in [0.2, 0.25) is 0 Å². The number of hydrogen-bond acceptors (Lipinski definition) is 2. The molecule has 0 aliphatic rings. The third kappa shape index (κ3) is 4.64. The van der Waals surface area contributed by atoms with Gasteiger partial charge in [-0.05, 0) is 6.42 Å². The van der Waals surface area contributed by atoms with Crippen molar-refractivity contribution in [3.8, 4) is 0 Å². The summed E-state index contributed by atoms with van der Waals surface area (Å²) >= 11 is 0. The monoisotopic (exact) mass is 197 g/mol. The Morgan fingerprint density at radius 3 is 2.71 bits per heavy atom. The van der Waals surface area contributed by atoms with Gasteiger partial charge in [0.05, 0.1) is 0 Å². The van der Waals surface area contributed by atoms with Crippen molar-refractivity contribution >= 4 is 6.03 Å². The summed E-state index contributed by atoms with van der Waals surface area (Å²) in [5, 5.41) is 2.77. The van der Waals surface area contributed by atoms with Crippen LogP contribution in [0, 0.1) is 0 Å². The van der Waals surface area contributed by atoms with Gasteiger partial charge >= 0.3 is 6.03 Å². The maximum absolute atomic E-state index is 11.2. The van der Waals surface area contributed by atoms with Crippen molar-refractivity contribution in [3.05, 3.63) is 18.7 Å². The normalized spacial score (nSPS) is 8.79. The minimum atomic E-state index is -0.110. The number of rotatable bonds is 3. The van der Waals surface area contributed by atoms with Gasteiger partial charge in [0.1, 0.15) is 6.33 Å². The molecule has 0 fully saturated rings. The molecule has 0 saturated carbocycles. The zero-order valence-electron chi connectivity index (χ0n) is 9.16. The van der Waals surface area contributed by atoms with Gasteiger partial charge in [-0.1, -0.05) is 27.2 Å². The number of hydrogen-bond donors (Lipinski definition) is 1. The van der Waals surface area contributed by atoms with Crippen LogP contribution in [0.1, 0.15) is 33.6 Å². The maximum atomic E-state index is 11.2. The molecule has 0 aliphatic heterocycles. The van der Waals surface area contributed by atoms with Gasteiger partial charge < -0.3 is 5.32 Å². The zero-order valence-corrected chi connectivity index (χ0v) is 9.16. The Balaban J connectivity index is 0.000000791. The number of amides is 1. The summed E-state index contributed by atoms with van der Waals surface area (Å²) in [6.45, 7) is 6.82. The van der Waals surface area contributed by atoms with E-state index in [1.165, 1.54) is 10.9 Å². The molecule has 14 heavy (non-hydrogen) atoms. The third-order valence-corrected chi connectivity index (χ3v) is 1.55. The molecule has 0 aliphatic carbocycles. The highest BCUT2D eigenvalue weighted by Crippen LogP contribution is 1.86. The van der Waals surface area contributed by atoms with E-state index in [-0.39, 0.29) is 6.03 Å². The van der Waals surface area contributed by atoms with Crippen LogP contribution < -0.4 is 5.32 Å². The second-order valence-electron chi connectivity index (χ2n) is 2.56. The fourth-order valence-electron chi connectivity index (χ4n) is 0.843. The highest BCUT2D eigenvalue weighted by molar-refractivity contribution is 5.76. The van der Waals surface area contributed by atoms with Gasteiger partial charge in [-0.3, -0.25) is 4.57 Å². The predicted octanol–water partition coefficient (Wildman–Crippen LogP) is 2.27. The molecule has 1 amide bonds. The summed E-state index contributed by atoms with van der Waals surface area (Å²) in [6, 6.07) is -0.110. The fourth-order valence-corrected chi connectivity index (χ4v) is 0.843. The van der Waals surface area contributed by atoms with Crippen LogP contribution in [0.15, 0.2) is 18.7 Å². The first-order chi connectivity index (χ1) is 6.84. The van der Waals surface area contributed by atoms with E-state index in [2.05, 4.69) is 17.2 Å². The van der Waals surface area contributed by atoms with Crippen LogP contribution in [0.3, 0.4) is 0 Å². The molecule has 80 valence electrons. The molecular weight excluding hydrogens is 178 g/mol. The Bertz CT molecular complexity index is 232. The van der Waals surface area contributed by atoms with Crippen LogP contribution in [0.4, 0.5) is 4.79 Å². The molecular formula is C10H19N3O. The average molecular weight is 197 g/mol. The number of nitrogens with zero attached hydrogens (tertiary/aromatic N) is 2. The highest BCUT2D eigenvalue weighted by Gasteiger charge is 1.99. The molecule has 0 unspecified atom stereocenters. The molecule has 0 saturated heterocycles. The number of carbonyl (C=O) groups excluding carboxylic acids is 1. The number of imidazole rings is 1. The Morgan fingerprint density at radius 2 is 2.21 bits per heavy atom. The molecule has 4 heteroatoms. The van der Waals surface area contributed by atoms with Gasteiger partial charge in [0.25, 0.3) is 0 Å². The first-order valence-corrected chi connectivity index (χ1v) is 5.10. The van der Waals surface area contributed by atoms with Gasteiger partial charge in [-0.15, -0.1) is 0 Å². The molecule has 4 nitrogen and oxygen atoms in total. The predicted molar refractivity (Wildman–Crippen MR) is 57.3 cm³/mol. The Hall–Kier alpha value is -1.32. The quantitative estimate of drug-likeness (QED) is 0.755. The van der Waals surface area contributed by atoms with Crippen molar-refractivity contribution < 1.29 is 4.79 Å². The molecule has 0 aromatic carbocycles. The van der Waals surface area contributed by atoms with E-state index in [0.717, 1.165) is 19.4 Å². The van der Waals surface area contributed by atoms with Gasteiger partial charge in [-0.25, -0.2) is 9.78 Å². The summed E-state index contributed by atoms with van der Waals surface area (Å²) < 4.78 is 1.43. The van der Waals surface area contributed by atoms with Crippen molar-refractivity contribution in [1.82, 2.24) is 14.9 Å². The van der Waals surface area contributed by atoms with Gasteiger partial charge in [0.15, 0.2) is 0 Å². The highest BCUT2D eigenvalue weighted by atomic mass is 16.2. The fraction of sp³-hybridized carbons (Fsp3) is 0.600. The van der Waals surface area contributed by atoms with Crippen molar-refractivity contribution in [2.75, 3.05) is 6.54 Å². The molecule has 1 rings (SSSR count). The second kappa shape index (κ2) is 8.29. The topological polar surface area (TPSA) is 46.9 Å². The summed E-state index contributed by atoms with van der Waals surface area (Å²) in [7, 11) is 0. The molecule has 1 heterocycles. The Kier molecular flexibility index (Phi) is 7.50. The molecule has 0 spiro atoms. The van der Waals surface area contributed by atoms with E-state index in [1.54, 1.807) is 12.4 Å². The lowest BCUT2D eigenvalue weighted by Crippen LogP contribution is -2.28. The molecule has 0 bridgehead atoms. The first-order valence-electron chi connectivity index (χ1n) is 5.10. The van der Waals surface area contributed by atoms with Crippen LogP contribution in [0.25, 0.3) is 0 Å². The van der Waals surface area contributed by atoms with E-state index >= 15 is 0 Å². The number of carbonyl (C=O) groups is 1. The standard InChI is InChI=1S/C8H13N3O.C2H6/c1-2-3-4-10-8(12)11-6-5-9-7-11;1-2/h5-7H,2-4H2,1H3,(H,10,12);1-2H3.